The van der Waals surface area contributed by atoms with E-state index in [9.17, 15) is 14.7 Å². The standard InChI is InChI=1S/C14H18N2O3/c1-9(7-15)13(17)16-8-11-5-3-2-4-10(11)6-12(16)14(18)19/h2-5,9,12H,6-8,15H2,1H3,(H,18,19)/t9-,12-/m0/s1. The van der Waals surface area contributed by atoms with Crippen LogP contribution in [0.5, 0.6) is 0 Å². The molecule has 1 heterocycles. The van der Waals surface area contributed by atoms with Gasteiger partial charge in [-0.05, 0) is 11.1 Å². The molecule has 5 nitrogen and oxygen atoms in total. The fraction of sp³-hybridized carbons (Fsp3) is 0.429. The molecule has 0 unspecified atom stereocenters. The van der Waals surface area contributed by atoms with E-state index in [1.54, 1.807) is 6.92 Å². The summed E-state index contributed by atoms with van der Waals surface area (Å²) >= 11 is 0. The number of carbonyl (C=O) groups is 2. The second-order valence-electron chi connectivity index (χ2n) is 4.93. The lowest BCUT2D eigenvalue weighted by Crippen LogP contribution is -2.51. The molecule has 1 aromatic carbocycles. The summed E-state index contributed by atoms with van der Waals surface area (Å²) in [5.41, 5.74) is 7.51. The van der Waals surface area contributed by atoms with Crippen LogP contribution in [0.2, 0.25) is 0 Å². The van der Waals surface area contributed by atoms with Gasteiger partial charge < -0.3 is 15.7 Å². The molecular formula is C14H18N2O3. The van der Waals surface area contributed by atoms with Crippen molar-refractivity contribution in [3.05, 3.63) is 35.4 Å². The van der Waals surface area contributed by atoms with Crippen molar-refractivity contribution in [3.63, 3.8) is 0 Å². The largest absolute Gasteiger partial charge is 0.480 e. The molecule has 1 aliphatic heterocycles. The third-order valence-corrected chi connectivity index (χ3v) is 3.59. The molecule has 0 saturated heterocycles. The molecule has 102 valence electrons. The van der Waals surface area contributed by atoms with E-state index < -0.39 is 12.0 Å². The predicted molar refractivity (Wildman–Crippen MR) is 70.3 cm³/mol. The highest BCUT2D eigenvalue weighted by Gasteiger charge is 2.35. The minimum absolute atomic E-state index is 0.190. The Hall–Kier alpha value is -1.88. The molecule has 2 rings (SSSR count). The minimum Gasteiger partial charge on any atom is -0.480 e. The predicted octanol–water partition coefficient (Wildman–Crippen LogP) is 0.619. The Morgan fingerprint density at radius 2 is 2.05 bits per heavy atom. The second kappa shape index (κ2) is 5.40. The number of aliphatic carboxylic acids is 1. The van der Waals surface area contributed by atoms with E-state index in [1.807, 2.05) is 24.3 Å². The molecule has 0 radical (unpaired) electrons. The molecule has 1 amide bonds. The molecule has 0 fully saturated rings. The number of rotatable bonds is 3. The molecule has 0 aliphatic carbocycles. The Labute approximate surface area is 112 Å². The zero-order valence-electron chi connectivity index (χ0n) is 10.9. The van der Waals surface area contributed by atoms with Crippen LogP contribution >= 0.6 is 0 Å². The normalized spacial score (nSPS) is 19.7. The van der Waals surface area contributed by atoms with E-state index in [0.29, 0.717) is 13.0 Å². The monoisotopic (exact) mass is 262 g/mol. The number of carboxylic acids is 1. The van der Waals surface area contributed by atoms with Crippen LogP contribution in [0.3, 0.4) is 0 Å². The van der Waals surface area contributed by atoms with Crippen LogP contribution in [-0.4, -0.2) is 34.5 Å². The quantitative estimate of drug-likeness (QED) is 0.836. The number of fused-ring (bicyclic) bond motifs is 1. The highest BCUT2D eigenvalue weighted by Crippen LogP contribution is 2.24. The van der Waals surface area contributed by atoms with Crippen molar-refractivity contribution in [1.82, 2.24) is 4.90 Å². The highest BCUT2D eigenvalue weighted by atomic mass is 16.4. The number of hydrogen-bond acceptors (Lipinski definition) is 3. The van der Waals surface area contributed by atoms with Crippen molar-refractivity contribution in [2.24, 2.45) is 11.7 Å². The lowest BCUT2D eigenvalue weighted by molar-refractivity contribution is -0.152. The number of hydrogen-bond donors (Lipinski definition) is 2. The zero-order valence-corrected chi connectivity index (χ0v) is 10.9. The molecule has 2 atom stereocenters. The molecule has 3 N–H and O–H groups in total. The van der Waals surface area contributed by atoms with Gasteiger partial charge in [-0.25, -0.2) is 4.79 Å². The van der Waals surface area contributed by atoms with Gasteiger partial charge in [-0.2, -0.15) is 0 Å². The maximum Gasteiger partial charge on any atom is 0.326 e. The summed E-state index contributed by atoms with van der Waals surface area (Å²) in [6.45, 7) is 2.29. The van der Waals surface area contributed by atoms with E-state index in [0.717, 1.165) is 11.1 Å². The molecular weight excluding hydrogens is 244 g/mol. The van der Waals surface area contributed by atoms with Gasteiger partial charge in [0.1, 0.15) is 6.04 Å². The van der Waals surface area contributed by atoms with Gasteiger partial charge in [0.25, 0.3) is 0 Å². The van der Waals surface area contributed by atoms with Crippen LogP contribution in [0.25, 0.3) is 0 Å². The minimum atomic E-state index is -0.966. The molecule has 1 aromatic rings. The fourth-order valence-electron chi connectivity index (χ4n) is 2.36. The number of nitrogens with two attached hydrogens (primary N) is 1. The van der Waals surface area contributed by atoms with Crippen molar-refractivity contribution < 1.29 is 14.7 Å². The van der Waals surface area contributed by atoms with E-state index in [4.69, 9.17) is 5.73 Å². The first-order chi connectivity index (χ1) is 9.04. The van der Waals surface area contributed by atoms with Crippen LogP contribution in [0, 0.1) is 5.92 Å². The van der Waals surface area contributed by atoms with Crippen molar-refractivity contribution >= 4 is 11.9 Å². The van der Waals surface area contributed by atoms with Gasteiger partial charge in [0.15, 0.2) is 0 Å². The maximum atomic E-state index is 12.2. The summed E-state index contributed by atoms with van der Waals surface area (Å²) in [5.74, 6) is -1.51. The Morgan fingerprint density at radius 1 is 1.42 bits per heavy atom. The van der Waals surface area contributed by atoms with Gasteiger partial charge in [-0.15, -0.1) is 0 Å². The zero-order chi connectivity index (χ0) is 14.0. The first kappa shape index (κ1) is 13.5. The average molecular weight is 262 g/mol. The number of benzene rings is 1. The van der Waals surface area contributed by atoms with E-state index >= 15 is 0 Å². The van der Waals surface area contributed by atoms with Crippen LogP contribution in [0.15, 0.2) is 24.3 Å². The van der Waals surface area contributed by atoms with Crippen molar-refractivity contribution in [3.8, 4) is 0 Å². The van der Waals surface area contributed by atoms with Gasteiger partial charge in [-0.3, -0.25) is 4.79 Å². The first-order valence-corrected chi connectivity index (χ1v) is 6.34. The van der Waals surface area contributed by atoms with Crippen molar-refractivity contribution in [2.75, 3.05) is 6.54 Å². The van der Waals surface area contributed by atoms with Crippen molar-refractivity contribution in [1.29, 1.82) is 0 Å². The molecule has 0 saturated carbocycles. The van der Waals surface area contributed by atoms with Gasteiger partial charge in [0, 0.05) is 25.4 Å². The molecule has 0 bridgehead atoms. The Balaban J connectivity index is 2.31. The molecule has 1 aliphatic rings. The van der Waals surface area contributed by atoms with Gasteiger partial charge >= 0.3 is 5.97 Å². The van der Waals surface area contributed by atoms with Crippen LogP contribution < -0.4 is 5.73 Å². The van der Waals surface area contributed by atoms with Crippen LogP contribution in [0.1, 0.15) is 18.1 Å². The highest BCUT2D eigenvalue weighted by molar-refractivity contribution is 5.85. The fourth-order valence-corrected chi connectivity index (χ4v) is 2.36. The topological polar surface area (TPSA) is 83.6 Å². The van der Waals surface area contributed by atoms with Crippen molar-refractivity contribution in [2.45, 2.75) is 25.9 Å². The number of amides is 1. The third-order valence-electron chi connectivity index (χ3n) is 3.59. The van der Waals surface area contributed by atoms with Crippen LogP contribution in [-0.2, 0) is 22.6 Å². The first-order valence-electron chi connectivity index (χ1n) is 6.34. The maximum absolute atomic E-state index is 12.2. The summed E-state index contributed by atoms with van der Waals surface area (Å²) < 4.78 is 0. The van der Waals surface area contributed by atoms with E-state index in [-0.39, 0.29) is 18.4 Å². The van der Waals surface area contributed by atoms with Gasteiger partial charge in [0.2, 0.25) is 5.91 Å². The number of carboxylic acid groups (broad SMARTS) is 1. The lowest BCUT2D eigenvalue weighted by Gasteiger charge is -2.35. The van der Waals surface area contributed by atoms with E-state index in [2.05, 4.69) is 0 Å². The number of carbonyl (C=O) groups excluding carboxylic acids is 1. The van der Waals surface area contributed by atoms with Gasteiger partial charge in [0.05, 0.1) is 0 Å². The SMILES string of the molecule is C[C@@H](CN)C(=O)N1Cc2ccccc2C[C@H]1C(=O)O. The smallest absolute Gasteiger partial charge is 0.326 e. The summed E-state index contributed by atoms with van der Waals surface area (Å²) in [7, 11) is 0. The summed E-state index contributed by atoms with van der Waals surface area (Å²) in [4.78, 5) is 25.0. The molecule has 19 heavy (non-hydrogen) atoms. The van der Waals surface area contributed by atoms with Gasteiger partial charge in [-0.1, -0.05) is 31.2 Å². The molecule has 0 aromatic heterocycles. The summed E-state index contributed by atoms with van der Waals surface area (Å²) in [6.07, 6.45) is 0.356. The Bertz CT molecular complexity index is 501. The average Bonchev–Trinajstić information content (AvgIpc) is 2.44. The second-order valence-corrected chi connectivity index (χ2v) is 4.93. The lowest BCUT2D eigenvalue weighted by atomic mass is 9.93. The van der Waals surface area contributed by atoms with E-state index in [1.165, 1.54) is 4.90 Å². The van der Waals surface area contributed by atoms with Crippen LogP contribution in [0.4, 0.5) is 0 Å². The summed E-state index contributed by atoms with van der Waals surface area (Å²) in [6, 6.07) is 6.84. The molecule has 5 heteroatoms. The Morgan fingerprint density at radius 3 is 2.63 bits per heavy atom. The Kier molecular flexibility index (Phi) is 3.85. The molecule has 0 spiro atoms. The summed E-state index contributed by atoms with van der Waals surface area (Å²) in [5, 5.41) is 9.31. The number of nitrogens with zero attached hydrogens (tertiary/aromatic N) is 1. The third kappa shape index (κ3) is 2.61.